The highest BCUT2D eigenvalue weighted by Crippen LogP contribution is 2.33. The van der Waals surface area contributed by atoms with Gasteiger partial charge in [-0.15, -0.1) is 0 Å². The molecule has 3 aromatic rings. The van der Waals surface area contributed by atoms with E-state index in [0.29, 0.717) is 33.5 Å². The Hall–Kier alpha value is -3.90. The topological polar surface area (TPSA) is 78.9 Å². The van der Waals surface area contributed by atoms with Crippen LogP contribution in [0.3, 0.4) is 0 Å². The van der Waals surface area contributed by atoms with E-state index in [9.17, 15) is 4.39 Å². The molecule has 0 amide bonds. The first-order valence-corrected chi connectivity index (χ1v) is 7.95. The van der Waals surface area contributed by atoms with Gasteiger partial charge in [-0.3, -0.25) is 0 Å². The molecule has 0 unspecified atom stereocenters. The highest BCUT2D eigenvalue weighted by atomic mass is 19.1. The molecule has 132 valence electrons. The second-order valence-corrected chi connectivity index (χ2v) is 5.55. The lowest BCUT2D eigenvalue weighted by Gasteiger charge is -2.12. The molecule has 2 aromatic carbocycles. The monoisotopic (exact) mass is 359 g/mol. The van der Waals surface area contributed by atoms with E-state index >= 15 is 0 Å². The number of hydrogen-bond donors (Lipinski definition) is 0. The van der Waals surface area contributed by atoms with Crippen molar-refractivity contribution < 1.29 is 13.9 Å². The molecule has 0 saturated heterocycles. The largest absolute Gasteiger partial charge is 0.496 e. The minimum Gasteiger partial charge on any atom is -0.496 e. The average Bonchev–Trinajstić information content (AvgIpc) is 2.70. The number of nitriles is 2. The molecule has 0 aliphatic carbocycles. The van der Waals surface area contributed by atoms with Crippen molar-refractivity contribution in [3.05, 3.63) is 65.5 Å². The van der Waals surface area contributed by atoms with Gasteiger partial charge in [0.1, 0.15) is 23.7 Å². The van der Waals surface area contributed by atoms with E-state index in [-0.39, 0.29) is 11.3 Å². The van der Waals surface area contributed by atoms with Crippen LogP contribution >= 0.6 is 0 Å². The normalized spacial score (nSPS) is 9.96. The van der Waals surface area contributed by atoms with Crippen molar-refractivity contribution in [2.24, 2.45) is 0 Å². The lowest BCUT2D eigenvalue weighted by atomic mass is 10.0. The number of fused-ring (bicyclic) bond motifs is 1. The summed E-state index contributed by atoms with van der Waals surface area (Å²) < 4.78 is 24.9. The number of allylic oxidation sites excluding steroid dienone is 1. The van der Waals surface area contributed by atoms with Gasteiger partial charge in [-0.2, -0.15) is 10.5 Å². The van der Waals surface area contributed by atoms with E-state index in [1.807, 2.05) is 12.1 Å². The molecule has 5 nitrogen and oxygen atoms in total. The summed E-state index contributed by atoms with van der Waals surface area (Å²) in [4.78, 5) is 4.54. The van der Waals surface area contributed by atoms with Crippen LogP contribution in [0.15, 0.2) is 54.1 Å². The molecule has 0 saturated carbocycles. The molecule has 0 bridgehead atoms. The van der Waals surface area contributed by atoms with Gasteiger partial charge in [0.15, 0.2) is 11.3 Å². The Balaban J connectivity index is 2.28. The Bertz CT molecular complexity index is 1120. The molecule has 0 N–H and O–H groups in total. The summed E-state index contributed by atoms with van der Waals surface area (Å²) in [7, 11) is 2.91. The second-order valence-electron chi connectivity index (χ2n) is 5.55. The third-order valence-corrected chi connectivity index (χ3v) is 4.06. The predicted molar refractivity (Wildman–Crippen MR) is 98.8 cm³/mol. The van der Waals surface area contributed by atoms with Crippen molar-refractivity contribution in [1.82, 2.24) is 4.98 Å². The van der Waals surface area contributed by atoms with Gasteiger partial charge in [0.25, 0.3) is 0 Å². The van der Waals surface area contributed by atoms with Crippen LogP contribution in [0, 0.1) is 28.5 Å². The number of rotatable bonds is 4. The Morgan fingerprint density at radius 1 is 1.04 bits per heavy atom. The number of hydrogen-bond acceptors (Lipinski definition) is 5. The maximum Gasteiger partial charge on any atom is 0.172 e. The number of benzene rings is 2. The van der Waals surface area contributed by atoms with Gasteiger partial charge in [-0.05, 0) is 24.3 Å². The van der Waals surface area contributed by atoms with Gasteiger partial charge in [-0.1, -0.05) is 18.2 Å². The zero-order chi connectivity index (χ0) is 19.4. The fourth-order valence-electron chi connectivity index (χ4n) is 2.80. The fourth-order valence-corrected chi connectivity index (χ4v) is 2.80. The van der Waals surface area contributed by atoms with Crippen LogP contribution < -0.4 is 4.74 Å². The summed E-state index contributed by atoms with van der Waals surface area (Å²) in [5.41, 5.74) is 1.66. The number of aromatic nitrogens is 1. The molecule has 0 radical (unpaired) electrons. The van der Waals surface area contributed by atoms with Crippen LogP contribution in [0.2, 0.25) is 0 Å². The van der Waals surface area contributed by atoms with Gasteiger partial charge in [0.2, 0.25) is 0 Å². The van der Waals surface area contributed by atoms with Crippen molar-refractivity contribution in [3.63, 3.8) is 0 Å². The van der Waals surface area contributed by atoms with Crippen molar-refractivity contribution in [2.45, 2.75) is 0 Å². The molecule has 0 aliphatic heterocycles. The van der Waals surface area contributed by atoms with E-state index in [0.717, 1.165) is 0 Å². The number of nitrogens with zero attached hydrogens (tertiary/aromatic N) is 3. The van der Waals surface area contributed by atoms with Crippen LogP contribution in [0.5, 0.6) is 5.75 Å². The summed E-state index contributed by atoms with van der Waals surface area (Å²) in [5.74, 6) is 0.295. The molecule has 0 atom stereocenters. The molecular formula is C21H14FN3O2. The van der Waals surface area contributed by atoms with E-state index in [4.69, 9.17) is 20.0 Å². The van der Waals surface area contributed by atoms with Crippen molar-refractivity contribution in [3.8, 4) is 29.1 Å². The lowest BCUT2D eigenvalue weighted by Crippen LogP contribution is -1.96. The molecule has 3 rings (SSSR count). The van der Waals surface area contributed by atoms with Gasteiger partial charge in [0, 0.05) is 22.6 Å². The zero-order valence-corrected chi connectivity index (χ0v) is 14.7. The summed E-state index contributed by atoms with van der Waals surface area (Å²) in [5, 5.41) is 19.0. The third kappa shape index (κ3) is 3.29. The molecule has 0 fully saturated rings. The smallest absolute Gasteiger partial charge is 0.172 e. The Morgan fingerprint density at radius 3 is 2.41 bits per heavy atom. The number of methoxy groups -OCH3 is 2. The van der Waals surface area contributed by atoms with E-state index in [1.54, 1.807) is 42.5 Å². The first kappa shape index (κ1) is 17.9. The maximum atomic E-state index is 14.2. The molecule has 0 spiro atoms. The minimum atomic E-state index is -0.392. The van der Waals surface area contributed by atoms with E-state index in [1.165, 1.54) is 20.3 Å². The first-order valence-electron chi connectivity index (χ1n) is 7.95. The molecule has 0 aliphatic rings. The third-order valence-electron chi connectivity index (χ3n) is 4.06. The lowest BCUT2D eigenvalue weighted by molar-refractivity contribution is 0.369. The van der Waals surface area contributed by atoms with Crippen LogP contribution in [-0.4, -0.2) is 19.2 Å². The molecule has 1 heterocycles. The molecule has 6 heteroatoms. The quantitative estimate of drug-likeness (QED) is 0.508. The van der Waals surface area contributed by atoms with Gasteiger partial charge >= 0.3 is 0 Å². The number of pyridine rings is 1. The van der Waals surface area contributed by atoms with Crippen LogP contribution in [0.1, 0.15) is 5.56 Å². The highest BCUT2D eigenvalue weighted by Gasteiger charge is 2.15. The average molecular weight is 359 g/mol. The van der Waals surface area contributed by atoms with E-state index in [2.05, 4.69) is 4.98 Å². The summed E-state index contributed by atoms with van der Waals surface area (Å²) in [6.45, 7) is 0. The Labute approximate surface area is 155 Å². The highest BCUT2D eigenvalue weighted by molar-refractivity contribution is 5.90. The summed E-state index contributed by atoms with van der Waals surface area (Å²) in [6.07, 6.45) is 0. The van der Waals surface area contributed by atoms with Crippen LogP contribution in [-0.2, 0) is 4.74 Å². The predicted octanol–water partition coefficient (Wildman–Crippen LogP) is 4.45. The zero-order valence-electron chi connectivity index (χ0n) is 14.7. The van der Waals surface area contributed by atoms with E-state index < -0.39 is 5.82 Å². The molecule has 27 heavy (non-hydrogen) atoms. The van der Waals surface area contributed by atoms with Crippen molar-refractivity contribution in [1.29, 1.82) is 10.5 Å². The number of ether oxygens (including phenoxy) is 2. The Kier molecular flexibility index (Phi) is 5.01. The standard InChI is InChI=1S/C21H14FN3O2/c1-26-20-10-19(15-5-3-4-6-17(15)22)25-18-9-13(7-8-16(18)20)21(27-2)14(11-23)12-24/h3-10H,1-2H3. The first-order chi connectivity index (χ1) is 13.1. The van der Waals surface area contributed by atoms with Gasteiger partial charge in [0.05, 0.1) is 25.4 Å². The van der Waals surface area contributed by atoms with Gasteiger partial charge in [-0.25, -0.2) is 9.37 Å². The SMILES string of the molecule is COC(=C(C#N)C#N)c1ccc2c(OC)cc(-c3ccccc3F)nc2c1. The summed E-state index contributed by atoms with van der Waals surface area (Å²) in [6, 6.07) is 16.8. The number of halogens is 1. The van der Waals surface area contributed by atoms with Gasteiger partial charge < -0.3 is 9.47 Å². The molecular weight excluding hydrogens is 345 g/mol. The summed E-state index contributed by atoms with van der Waals surface area (Å²) >= 11 is 0. The molecule has 1 aromatic heterocycles. The Morgan fingerprint density at radius 2 is 1.78 bits per heavy atom. The maximum absolute atomic E-state index is 14.2. The second kappa shape index (κ2) is 7.55. The van der Waals surface area contributed by atoms with Crippen molar-refractivity contribution in [2.75, 3.05) is 14.2 Å². The fraction of sp³-hybridized carbons (Fsp3) is 0.0952. The minimum absolute atomic E-state index is 0.144. The van der Waals surface area contributed by atoms with Crippen LogP contribution in [0.25, 0.3) is 27.9 Å². The van der Waals surface area contributed by atoms with Crippen molar-refractivity contribution >= 4 is 16.7 Å². The van der Waals surface area contributed by atoms with Crippen LogP contribution in [0.4, 0.5) is 4.39 Å².